The molecule has 3 amide bonds. The standard InChI is InChI=1S/C29H30N6O3/c36-27-9-8-26(28(37)32-27)35-18-22-14-20(6-7-24(22)29(35)38)17-33-10-12-34(13-11-33)19-23-15-31-25(16-30-23)21-4-2-1-3-5-21/h1-7,14-16,26H,8-13,17-19H2,(H,32,36,37). The predicted molar refractivity (Wildman–Crippen MR) is 141 cm³/mol. The summed E-state index contributed by atoms with van der Waals surface area (Å²) in [4.78, 5) is 52.4. The van der Waals surface area contributed by atoms with Crippen LogP contribution in [-0.4, -0.2) is 74.6 Å². The highest BCUT2D eigenvalue weighted by Gasteiger charge is 2.39. The number of carbonyl (C=O) groups excluding carboxylic acids is 3. The fraction of sp³-hybridized carbons (Fsp3) is 0.345. The van der Waals surface area contributed by atoms with Crippen LogP contribution >= 0.6 is 0 Å². The average molecular weight is 511 g/mol. The molecule has 0 bridgehead atoms. The number of amides is 3. The maximum Gasteiger partial charge on any atom is 0.255 e. The Bertz CT molecular complexity index is 1350. The Labute approximate surface area is 221 Å². The summed E-state index contributed by atoms with van der Waals surface area (Å²) in [5.41, 5.74) is 5.70. The summed E-state index contributed by atoms with van der Waals surface area (Å²) in [6, 6.07) is 15.5. The lowest BCUT2D eigenvalue weighted by Gasteiger charge is -2.34. The maximum absolute atomic E-state index is 12.9. The van der Waals surface area contributed by atoms with Crippen LogP contribution in [0.25, 0.3) is 11.3 Å². The Morgan fingerprint density at radius 1 is 0.868 bits per heavy atom. The number of hydrogen-bond acceptors (Lipinski definition) is 7. The van der Waals surface area contributed by atoms with Crippen LogP contribution in [0.15, 0.2) is 60.9 Å². The van der Waals surface area contributed by atoms with Crippen molar-refractivity contribution >= 4 is 17.7 Å². The van der Waals surface area contributed by atoms with Gasteiger partial charge in [-0.2, -0.15) is 0 Å². The zero-order chi connectivity index (χ0) is 26.1. The molecule has 3 aliphatic heterocycles. The zero-order valence-electron chi connectivity index (χ0n) is 21.2. The van der Waals surface area contributed by atoms with Crippen LogP contribution in [-0.2, 0) is 29.2 Å². The van der Waals surface area contributed by atoms with Crippen LogP contribution in [0.1, 0.15) is 40.0 Å². The van der Waals surface area contributed by atoms with Gasteiger partial charge in [0.15, 0.2) is 0 Å². The van der Waals surface area contributed by atoms with Crippen LogP contribution in [0.4, 0.5) is 0 Å². The number of rotatable bonds is 6. The van der Waals surface area contributed by atoms with Gasteiger partial charge in [0.2, 0.25) is 11.8 Å². The third-order valence-corrected chi connectivity index (χ3v) is 7.62. The number of nitrogens with one attached hydrogen (secondary N) is 1. The van der Waals surface area contributed by atoms with Gasteiger partial charge in [-0.15, -0.1) is 0 Å². The van der Waals surface area contributed by atoms with E-state index in [0.29, 0.717) is 18.5 Å². The normalized spacial score (nSPS) is 20.5. The summed E-state index contributed by atoms with van der Waals surface area (Å²) in [7, 11) is 0. The SMILES string of the molecule is O=C1CCC(N2Cc3cc(CN4CCN(Cc5cnc(-c6ccccc6)cn5)CC4)ccc3C2=O)C(=O)N1. The minimum Gasteiger partial charge on any atom is -0.322 e. The van der Waals surface area contributed by atoms with Crippen molar-refractivity contribution in [2.45, 2.75) is 38.5 Å². The van der Waals surface area contributed by atoms with Crippen molar-refractivity contribution < 1.29 is 14.4 Å². The summed E-state index contributed by atoms with van der Waals surface area (Å²) in [6.07, 6.45) is 4.36. The lowest BCUT2D eigenvalue weighted by Crippen LogP contribution is -2.52. The van der Waals surface area contributed by atoms with Crippen LogP contribution in [0, 0.1) is 0 Å². The Balaban J connectivity index is 1.02. The molecule has 2 aromatic carbocycles. The van der Waals surface area contributed by atoms with Crippen LogP contribution in [0.3, 0.4) is 0 Å². The number of piperidine rings is 1. The molecule has 6 rings (SSSR count). The molecule has 1 N–H and O–H groups in total. The summed E-state index contributed by atoms with van der Waals surface area (Å²) in [6.45, 7) is 5.82. The molecule has 194 valence electrons. The van der Waals surface area contributed by atoms with Crippen molar-refractivity contribution in [1.29, 1.82) is 0 Å². The van der Waals surface area contributed by atoms with E-state index < -0.39 is 6.04 Å². The third-order valence-electron chi connectivity index (χ3n) is 7.62. The lowest BCUT2D eigenvalue weighted by atomic mass is 10.0. The van der Waals surface area contributed by atoms with Gasteiger partial charge < -0.3 is 4.90 Å². The monoisotopic (exact) mass is 510 g/mol. The predicted octanol–water partition coefficient (Wildman–Crippen LogP) is 2.22. The molecule has 4 heterocycles. The molecule has 9 heteroatoms. The fourth-order valence-corrected chi connectivity index (χ4v) is 5.51. The van der Waals surface area contributed by atoms with Crippen LogP contribution < -0.4 is 5.32 Å². The molecule has 9 nitrogen and oxygen atoms in total. The zero-order valence-corrected chi connectivity index (χ0v) is 21.2. The molecule has 1 atom stereocenters. The van der Waals surface area contributed by atoms with Gasteiger partial charge in [0.25, 0.3) is 5.91 Å². The molecule has 0 radical (unpaired) electrons. The van der Waals surface area contributed by atoms with Gasteiger partial charge in [0.05, 0.1) is 23.8 Å². The van der Waals surface area contributed by atoms with Crippen molar-refractivity contribution in [2.24, 2.45) is 0 Å². The summed E-state index contributed by atoms with van der Waals surface area (Å²) < 4.78 is 0. The summed E-state index contributed by atoms with van der Waals surface area (Å²) in [5.74, 6) is -0.778. The van der Waals surface area contributed by atoms with E-state index >= 15 is 0 Å². The van der Waals surface area contributed by atoms with Gasteiger partial charge in [0, 0.05) is 63.4 Å². The van der Waals surface area contributed by atoms with E-state index in [1.165, 1.54) is 0 Å². The summed E-state index contributed by atoms with van der Waals surface area (Å²) >= 11 is 0. The van der Waals surface area contributed by atoms with Crippen LogP contribution in [0.2, 0.25) is 0 Å². The number of imide groups is 1. The second-order valence-corrected chi connectivity index (χ2v) is 10.2. The largest absolute Gasteiger partial charge is 0.322 e. The smallest absolute Gasteiger partial charge is 0.255 e. The van der Waals surface area contributed by atoms with E-state index in [0.717, 1.165) is 67.3 Å². The van der Waals surface area contributed by atoms with Crippen LogP contribution in [0.5, 0.6) is 0 Å². The number of nitrogens with zero attached hydrogens (tertiary/aromatic N) is 5. The van der Waals surface area contributed by atoms with Gasteiger partial charge >= 0.3 is 0 Å². The van der Waals surface area contributed by atoms with Crippen molar-refractivity contribution in [3.05, 3.63) is 83.3 Å². The molecular weight excluding hydrogens is 480 g/mol. The van der Waals surface area contributed by atoms with E-state index in [2.05, 4.69) is 31.2 Å². The summed E-state index contributed by atoms with van der Waals surface area (Å²) in [5, 5.41) is 2.36. The molecular formula is C29H30N6O3. The van der Waals surface area contributed by atoms with Crippen molar-refractivity contribution in [1.82, 2.24) is 30.0 Å². The molecule has 0 spiro atoms. The van der Waals surface area contributed by atoms with Gasteiger partial charge in [-0.05, 0) is 23.6 Å². The van der Waals surface area contributed by atoms with Gasteiger partial charge in [-0.1, -0.05) is 42.5 Å². The molecule has 3 aliphatic rings. The fourth-order valence-electron chi connectivity index (χ4n) is 5.51. The number of hydrogen-bond donors (Lipinski definition) is 1. The van der Waals surface area contributed by atoms with Crippen molar-refractivity contribution in [2.75, 3.05) is 26.2 Å². The number of carbonyl (C=O) groups is 3. The minimum atomic E-state index is -0.580. The Hall–Kier alpha value is -3.95. The second-order valence-electron chi connectivity index (χ2n) is 10.2. The number of fused-ring (bicyclic) bond motifs is 1. The highest BCUT2D eigenvalue weighted by Crippen LogP contribution is 2.28. The Kier molecular flexibility index (Phi) is 6.70. The topological polar surface area (TPSA) is 98.7 Å². The maximum atomic E-state index is 12.9. The average Bonchev–Trinajstić information content (AvgIpc) is 3.26. The van der Waals surface area contributed by atoms with E-state index in [9.17, 15) is 14.4 Å². The molecule has 3 aromatic rings. The second kappa shape index (κ2) is 10.4. The molecule has 2 fully saturated rings. The Morgan fingerprint density at radius 3 is 2.34 bits per heavy atom. The Morgan fingerprint density at radius 2 is 1.63 bits per heavy atom. The molecule has 1 unspecified atom stereocenters. The molecule has 1 aromatic heterocycles. The molecule has 2 saturated heterocycles. The van der Waals surface area contributed by atoms with E-state index in [1.54, 1.807) is 4.90 Å². The first-order valence-corrected chi connectivity index (χ1v) is 13.1. The minimum absolute atomic E-state index is 0.130. The van der Waals surface area contributed by atoms with Gasteiger partial charge in [0.1, 0.15) is 6.04 Å². The van der Waals surface area contributed by atoms with E-state index in [1.807, 2.05) is 54.9 Å². The lowest BCUT2D eigenvalue weighted by molar-refractivity contribution is -0.136. The highest BCUT2D eigenvalue weighted by atomic mass is 16.2. The molecule has 0 aliphatic carbocycles. The van der Waals surface area contributed by atoms with Crippen molar-refractivity contribution in [3.63, 3.8) is 0 Å². The van der Waals surface area contributed by atoms with Crippen molar-refractivity contribution in [3.8, 4) is 11.3 Å². The molecule has 38 heavy (non-hydrogen) atoms. The van der Waals surface area contributed by atoms with E-state index in [4.69, 9.17) is 0 Å². The number of benzene rings is 2. The molecule has 0 saturated carbocycles. The quantitative estimate of drug-likeness (QED) is 0.508. The first-order valence-electron chi connectivity index (χ1n) is 13.1. The number of piperazine rings is 1. The number of aromatic nitrogens is 2. The third kappa shape index (κ3) is 5.07. The van der Waals surface area contributed by atoms with Gasteiger partial charge in [-0.3, -0.25) is 39.5 Å². The highest BCUT2D eigenvalue weighted by molar-refractivity contribution is 6.05. The van der Waals surface area contributed by atoms with E-state index in [-0.39, 0.29) is 24.1 Å². The van der Waals surface area contributed by atoms with Gasteiger partial charge in [-0.25, -0.2) is 0 Å². The first kappa shape index (κ1) is 24.4. The first-order chi connectivity index (χ1) is 18.5.